The van der Waals surface area contributed by atoms with Crippen molar-refractivity contribution in [3.05, 3.63) is 66.1 Å². The number of hydrogen-bond donors (Lipinski definition) is 1. The molecule has 0 aliphatic carbocycles. The van der Waals surface area contributed by atoms with Crippen LogP contribution in [0.15, 0.2) is 54.7 Å². The quantitative estimate of drug-likeness (QED) is 0.449. The molecule has 3 aromatic rings. The van der Waals surface area contributed by atoms with Crippen molar-refractivity contribution >= 4 is 11.6 Å². The Balaban J connectivity index is 1.68. The van der Waals surface area contributed by atoms with Gasteiger partial charge in [0.15, 0.2) is 0 Å². The molecule has 152 valence electrons. The van der Waals surface area contributed by atoms with E-state index in [1.165, 1.54) is 44.2 Å². The summed E-state index contributed by atoms with van der Waals surface area (Å²) in [6, 6.07) is 13.1. The van der Waals surface area contributed by atoms with Crippen LogP contribution in [0.5, 0.6) is 0 Å². The number of hydrogen-bond acceptors (Lipinski definition) is 3. The zero-order valence-electron chi connectivity index (χ0n) is 16.8. The Bertz CT molecular complexity index is 924. The van der Waals surface area contributed by atoms with E-state index in [2.05, 4.69) is 22.6 Å². The molecule has 0 radical (unpaired) electrons. The number of anilines is 1. The van der Waals surface area contributed by atoms with E-state index >= 15 is 0 Å². The number of benzene rings is 2. The first kappa shape index (κ1) is 20.7. The van der Waals surface area contributed by atoms with Crippen molar-refractivity contribution in [2.45, 2.75) is 52.0 Å². The summed E-state index contributed by atoms with van der Waals surface area (Å²) in [4.78, 5) is 12.5. The monoisotopic (exact) mass is 394 g/mol. The number of unbranched alkanes of at least 4 members (excludes halogenated alkanes) is 5. The van der Waals surface area contributed by atoms with Crippen molar-refractivity contribution in [2.24, 2.45) is 0 Å². The van der Waals surface area contributed by atoms with Gasteiger partial charge in [0.25, 0.3) is 5.91 Å². The highest BCUT2D eigenvalue weighted by Gasteiger charge is 2.14. The van der Waals surface area contributed by atoms with Gasteiger partial charge in [-0.15, -0.1) is 5.10 Å². The molecule has 5 nitrogen and oxygen atoms in total. The fourth-order valence-electron chi connectivity index (χ4n) is 3.21. The first-order valence-electron chi connectivity index (χ1n) is 10.2. The lowest BCUT2D eigenvalue weighted by Crippen LogP contribution is -2.12. The molecule has 1 aromatic heterocycles. The van der Waals surface area contributed by atoms with Gasteiger partial charge >= 0.3 is 0 Å². The van der Waals surface area contributed by atoms with Crippen LogP contribution in [-0.4, -0.2) is 20.9 Å². The van der Waals surface area contributed by atoms with Crippen LogP contribution in [0.2, 0.25) is 0 Å². The molecular weight excluding hydrogens is 367 g/mol. The molecule has 2 aromatic carbocycles. The first-order valence-corrected chi connectivity index (χ1v) is 10.2. The molecule has 0 aliphatic rings. The van der Waals surface area contributed by atoms with Gasteiger partial charge in [-0.1, -0.05) is 62.4 Å². The number of halogens is 1. The van der Waals surface area contributed by atoms with E-state index in [-0.39, 0.29) is 5.91 Å². The highest BCUT2D eigenvalue weighted by molar-refractivity contribution is 6.06. The Labute approximate surface area is 171 Å². The maximum absolute atomic E-state index is 13.8. The highest BCUT2D eigenvalue weighted by atomic mass is 19.1. The fraction of sp³-hybridized carbons (Fsp3) is 0.348. The Hall–Kier alpha value is -3.02. The molecule has 0 atom stereocenters. The Kier molecular flexibility index (Phi) is 7.50. The van der Waals surface area contributed by atoms with Crippen molar-refractivity contribution in [2.75, 3.05) is 5.32 Å². The van der Waals surface area contributed by atoms with E-state index in [9.17, 15) is 9.18 Å². The van der Waals surface area contributed by atoms with Crippen molar-refractivity contribution < 1.29 is 9.18 Å². The number of nitrogens with one attached hydrogen (secondary N) is 1. The van der Waals surface area contributed by atoms with E-state index in [1.54, 1.807) is 35.0 Å². The Morgan fingerprint density at radius 2 is 1.79 bits per heavy atom. The summed E-state index contributed by atoms with van der Waals surface area (Å²) in [6.07, 6.45) is 9.11. The van der Waals surface area contributed by atoms with Gasteiger partial charge in [0.1, 0.15) is 11.5 Å². The number of carbonyl (C=O) groups is 1. The summed E-state index contributed by atoms with van der Waals surface area (Å²) in [5, 5.41) is 11.2. The van der Waals surface area contributed by atoms with Gasteiger partial charge < -0.3 is 5.32 Å². The number of rotatable bonds is 10. The molecule has 3 rings (SSSR count). The number of carbonyl (C=O) groups excluding carboxylic acids is 1. The van der Waals surface area contributed by atoms with Crippen LogP contribution in [0, 0.1) is 5.82 Å². The summed E-state index contributed by atoms with van der Waals surface area (Å²) < 4.78 is 15.6. The largest absolute Gasteiger partial charge is 0.321 e. The third kappa shape index (κ3) is 5.98. The standard InChI is InChI=1S/C23H27FN4O/c1-2-3-4-5-6-10-15-28-17-22(26-27-28)20-14-13-19(24)16-21(20)25-23(29)18-11-8-7-9-12-18/h7-9,11-14,16-17H,2-6,10,15H2,1H3,(H,25,29). The van der Waals surface area contributed by atoms with E-state index < -0.39 is 5.82 Å². The topological polar surface area (TPSA) is 59.8 Å². The molecule has 6 heteroatoms. The molecule has 0 bridgehead atoms. The minimum absolute atomic E-state index is 0.295. The summed E-state index contributed by atoms with van der Waals surface area (Å²) in [5.41, 5.74) is 2.14. The van der Waals surface area contributed by atoms with Crippen molar-refractivity contribution in [1.82, 2.24) is 15.0 Å². The van der Waals surface area contributed by atoms with Crippen LogP contribution in [-0.2, 0) is 6.54 Å². The molecule has 29 heavy (non-hydrogen) atoms. The van der Waals surface area contributed by atoms with E-state index in [0.717, 1.165) is 13.0 Å². The predicted octanol–water partition coefficient (Wildman–Crippen LogP) is 5.70. The molecule has 1 amide bonds. The van der Waals surface area contributed by atoms with Gasteiger partial charge in [-0.2, -0.15) is 0 Å². The normalized spacial score (nSPS) is 10.8. The van der Waals surface area contributed by atoms with Crippen molar-refractivity contribution in [1.29, 1.82) is 0 Å². The van der Waals surface area contributed by atoms with Crippen molar-refractivity contribution in [3.8, 4) is 11.3 Å². The molecule has 0 spiro atoms. The predicted molar refractivity (Wildman–Crippen MR) is 113 cm³/mol. The summed E-state index contributed by atoms with van der Waals surface area (Å²) >= 11 is 0. The second-order valence-corrected chi connectivity index (χ2v) is 7.14. The van der Waals surface area contributed by atoms with Crippen LogP contribution in [0.4, 0.5) is 10.1 Å². The van der Waals surface area contributed by atoms with Crippen molar-refractivity contribution in [3.63, 3.8) is 0 Å². The van der Waals surface area contributed by atoms with E-state index in [0.29, 0.717) is 22.5 Å². The minimum Gasteiger partial charge on any atom is -0.321 e. The molecule has 0 saturated carbocycles. The second kappa shape index (κ2) is 10.5. The molecule has 0 saturated heterocycles. The van der Waals surface area contributed by atoms with E-state index in [4.69, 9.17) is 0 Å². The lowest BCUT2D eigenvalue weighted by molar-refractivity contribution is 0.102. The number of amides is 1. The molecule has 1 heterocycles. The first-order chi connectivity index (χ1) is 14.2. The highest BCUT2D eigenvalue weighted by Crippen LogP contribution is 2.27. The number of aromatic nitrogens is 3. The summed E-state index contributed by atoms with van der Waals surface area (Å²) in [5.74, 6) is -0.714. The number of nitrogens with zero attached hydrogens (tertiary/aromatic N) is 3. The van der Waals surface area contributed by atoms with Gasteiger partial charge in [0.05, 0.1) is 11.9 Å². The van der Waals surface area contributed by atoms with Crippen LogP contribution in [0.25, 0.3) is 11.3 Å². The van der Waals surface area contributed by atoms with E-state index in [1.807, 2.05) is 12.3 Å². The SMILES string of the molecule is CCCCCCCCn1cc(-c2ccc(F)cc2NC(=O)c2ccccc2)nn1. The van der Waals surface area contributed by atoms with Gasteiger partial charge in [0.2, 0.25) is 0 Å². The zero-order chi connectivity index (χ0) is 20.5. The van der Waals surface area contributed by atoms with Crippen LogP contribution in [0.1, 0.15) is 55.8 Å². The lowest BCUT2D eigenvalue weighted by Gasteiger charge is -2.09. The second-order valence-electron chi connectivity index (χ2n) is 7.14. The maximum atomic E-state index is 13.8. The number of aryl methyl sites for hydroxylation is 1. The summed E-state index contributed by atoms with van der Waals surface area (Å²) in [7, 11) is 0. The molecule has 0 unspecified atom stereocenters. The van der Waals surface area contributed by atoms with Crippen LogP contribution < -0.4 is 5.32 Å². The minimum atomic E-state index is -0.420. The van der Waals surface area contributed by atoms with Gasteiger partial charge in [0, 0.05) is 17.7 Å². The lowest BCUT2D eigenvalue weighted by atomic mass is 10.1. The Morgan fingerprint density at radius 3 is 2.59 bits per heavy atom. The maximum Gasteiger partial charge on any atom is 0.255 e. The third-order valence-corrected chi connectivity index (χ3v) is 4.82. The van der Waals surface area contributed by atoms with Crippen LogP contribution >= 0.6 is 0 Å². The molecule has 0 fully saturated rings. The summed E-state index contributed by atoms with van der Waals surface area (Å²) in [6.45, 7) is 3.01. The van der Waals surface area contributed by atoms with Crippen LogP contribution in [0.3, 0.4) is 0 Å². The fourth-order valence-corrected chi connectivity index (χ4v) is 3.21. The average molecular weight is 394 g/mol. The average Bonchev–Trinajstić information content (AvgIpc) is 3.20. The van der Waals surface area contributed by atoms with Gasteiger partial charge in [-0.3, -0.25) is 9.48 Å². The van der Waals surface area contributed by atoms with Gasteiger partial charge in [-0.05, 0) is 36.8 Å². The van der Waals surface area contributed by atoms with Gasteiger partial charge in [-0.25, -0.2) is 4.39 Å². The zero-order valence-corrected chi connectivity index (χ0v) is 16.8. The molecule has 0 aliphatic heterocycles. The third-order valence-electron chi connectivity index (χ3n) is 4.82. The Morgan fingerprint density at radius 1 is 1.03 bits per heavy atom. The molecule has 1 N–H and O–H groups in total. The smallest absolute Gasteiger partial charge is 0.255 e. The molecular formula is C23H27FN4O.